The van der Waals surface area contributed by atoms with Gasteiger partial charge in [-0.1, -0.05) is 13.8 Å². The van der Waals surface area contributed by atoms with Crippen molar-refractivity contribution in [1.82, 2.24) is 4.90 Å². The molecule has 2 aliphatic rings. The largest absolute Gasteiger partial charge is 0.481 e. The molecule has 0 radical (unpaired) electrons. The zero-order valence-corrected chi connectivity index (χ0v) is 11.7. The highest BCUT2D eigenvalue weighted by Gasteiger charge is 2.48. The summed E-state index contributed by atoms with van der Waals surface area (Å²) < 4.78 is 5.38. The van der Waals surface area contributed by atoms with E-state index in [4.69, 9.17) is 4.74 Å². The van der Waals surface area contributed by atoms with Gasteiger partial charge in [0.2, 0.25) is 5.91 Å². The van der Waals surface area contributed by atoms with Gasteiger partial charge >= 0.3 is 5.97 Å². The van der Waals surface area contributed by atoms with Gasteiger partial charge in [-0.25, -0.2) is 0 Å². The third kappa shape index (κ3) is 3.08. The summed E-state index contributed by atoms with van der Waals surface area (Å²) in [6, 6.07) is 0. The van der Waals surface area contributed by atoms with E-state index in [0.29, 0.717) is 32.0 Å². The monoisotopic (exact) mass is 269 g/mol. The average molecular weight is 269 g/mol. The number of nitrogens with zero attached hydrogens (tertiary/aromatic N) is 1. The van der Waals surface area contributed by atoms with Gasteiger partial charge in [-0.05, 0) is 31.1 Å². The number of aliphatic carboxylic acids is 1. The summed E-state index contributed by atoms with van der Waals surface area (Å²) in [5.41, 5.74) is -0.786. The standard InChI is InChI=1S/C14H23NO4/c1-10(2)14(13(17)18)5-6-15(9-14)12(16)8-19-7-11-3-4-11/h10-11H,3-9H2,1-2H3,(H,17,18). The van der Waals surface area contributed by atoms with Gasteiger partial charge in [-0.3, -0.25) is 9.59 Å². The van der Waals surface area contributed by atoms with E-state index in [1.54, 1.807) is 4.90 Å². The molecule has 0 aromatic carbocycles. The Hall–Kier alpha value is -1.10. The van der Waals surface area contributed by atoms with Crippen molar-refractivity contribution < 1.29 is 19.4 Å². The molecule has 1 aliphatic carbocycles. The van der Waals surface area contributed by atoms with Crippen molar-refractivity contribution in [3.8, 4) is 0 Å². The summed E-state index contributed by atoms with van der Waals surface area (Å²) in [6.45, 7) is 5.40. The minimum Gasteiger partial charge on any atom is -0.481 e. The molecule has 0 aromatic rings. The molecule has 108 valence electrons. The Bertz CT molecular complexity index is 364. The van der Waals surface area contributed by atoms with Crippen LogP contribution in [0.1, 0.15) is 33.1 Å². The second-order valence-corrected chi connectivity index (χ2v) is 6.14. The first-order chi connectivity index (χ1) is 8.95. The summed E-state index contributed by atoms with van der Waals surface area (Å²) >= 11 is 0. The number of carbonyl (C=O) groups excluding carboxylic acids is 1. The van der Waals surface area contributed by atoms with Crippen LogP contribution in [0.2, 0.25) is 0 Å². The third-order valence-corrected chi connectivity index (χ3v) is 4.46. The summed E-state index contributed by atoms with van der Waals surface area (Å²) in [7, 11) is 0. The van der Waals surface area contributed by atoms with Crippen LogP contribution in [-0.2, 0) is 14.3 Å². The number of hydrogen-bond acceptors (Lipinski definition) is 3. The molecule has 1 amide bonds. The minimum absolute atomic E-state index is 0.0233. The van der Waals surface area contributed by atoms with Crippen molar-refractivity contribution in [1.29, 1.82) is 0 Å². The number of ether oxygens (including phenoxy) is 1. The molecular weight excluding hydrogens is 246 g/mol. The maximum absolute atomic E-state index is 12.0. The summed E-state index contributed by atoms with van der Waals surface area (Å²) in [4.78, 5) is 25.1. The number of rotatable bonds is 6. The molecule has 0 bridgehead atoms. The lowest BCUT2D eigenvalue weighted by Gasteiger charge is -2.28. The van der Waals surface area contributed by atoms with Crippen LogP contribution in [0, 0.1) is 17.3 Å². The second kappa shape index (κ2) is 5.49. The highest BCUT2D eigenvalue weighted by atomic mass is 16.5. The smallest absolute Gasteiger partial charge is 0.311 e. The van der Waals surface area contributed by atoms with E-state index in [1.807, 2.05) is 13.8 Å². The maximum atomic E-state index is 12.0. The van der Waals surface area contributed by atoms with Crippen LogP contribution < -0.4 is 0 Å². The number of carboxylic acids is 1. The lowest BCUT2D eigenvalue weighted by atomic mass is 9.76. The molecule has 2 fully saturated rings. The molecule has 1 unspecified atom stereocenters. The number of amides is 1. The van der Waals surface area contributed by atoms with Crippen LogP contribution in [0.25, 0.3) is 0 Å². The molecule has 1 heterocycles. The van der Waals surface area contributed by atoms with Gasteiger partial charge in [0, 0.05) is 13.1 Å². The zero-order chi connectivity index (χ0) is 14.0. The molecule has 1 saturated carbocycles. The van der Waals surface area contributed by atoms with Crippen molar-refractivity contribution in [3.63, 3.8) is 0 Å². The van der Waals surface area contributed by atoms with Crippen LogP contribution in [0.3, 0.4) is 0 Å². The predicted octanol–water partition coefficient (Wildman–Crippen LogP) is 1.37. The topological polar surface area (TPSA) is 66.8 Å². The molecular formula is C14H23NO4. The van der Waals surface area contributed by atoms with Gasteiger partial charge in [-0.15, -0.1) is 0 Å². The molecule has 1 saturated heterocycles. The van der Waals surface area contributed by atoms with Gasteiger partial charge < -0.3 is 14.7 Å². The quantitative estimate of drug-likeness (QED) is 0.791. The van der Waals surface area contributed by atoms with Gasteiger partial charge in [0.1, 0.15) is 6.61 Å². The van der Waals surface area contributed by atoms with E-state index in [2.05, 4.69) is 0 Å². The van der Waals surface area contributed by atoms with E-state index in [1.165, 1.54) is 12.8 Å². The molecule has 0 spiro atoms. The van der Waals surface area contributed by atoms with Crippen LogP contribution in [0.4, 0.5) is 0 Å². The Morgan fingerprint density at radius 2 is 2.11 bits per heavy atom. The molecule has 5 heteroatoms. The maximum Gasteiger partial charge on any atom is 0.311 e. The first-order valence-electron chi connectivity index (χ1n) is 7.04. The van der Waals surface area contributed by atoms with Gasteiger partial charge in [0.15, 0.2) is 0 Å². The Labute approximate surface area is 113 Å². The first-order valence-corrected chi connectivity index (χ1v) is 7.04. The van der Waals surface area contributed by atoms with E-state index in [9.17, 15) is 14.7 Å². The lowest BCUT2D eigenvalue weighted by Crippen LogP contribution is -2.41. The lowest BCUT2D eigenvalue weighted by molar-refractivity contribution is -0.151. The number of carbonyl (C=O) groups is 2. The summed E-state index contributed by atoms with van der Waals surface area (Å²) in [6.07, 6.45) is 2.94. The normalized spacial score (nSPS) is 27.0. The van der Waals surface area contributed by atoms with Crippen LogP contribution in [0.15, 0.2) is 0 Å². The molecule has 5 nitrogen and oxygen atoms in total. The van der Waals surface area contributed by atoms with Crippen molar-refractivity contribution in [2.45, 2.75) is 33.1 Å². The average Bonchev–Trinajstić information content (AvgIpc) is 3.04. The number of carboxylic acid groups (broad SMARTS) is 1. The fraction of sp³-hybridized carbons (Fsp3) is 0.857. The Kier molecular flexibility index (Phi) is 4.13. The Balaban J connectivity index is 1.85. The summed E-state index contributed by atoms with van der Waals surface area (Å²) in [5, 5.41) is 9.42. The zero-order valence-electron chi connectivity index (χ0n) is 11.7. The van der Waals surface area contributed by atoms with Crippen LogP contribution >= 0.6 is 0 Å². The highest BCUT2D eigenvalue weighted by Crippen LogP contribution is 2.38. The minimum atomic E-state index is -0.795. The predicted molar refractivity (Wildman–Crippen MR) is 69.6 cm³/mol. The van der Waals surface area contributed by atoms with Crippen molar-refractivity contribution in [3.05, 3.63) is 0 Å². The van der Waals surface area contributed by atoms with Crippen molar-refractivity contribution in [2.75, 3.05) is 26.3 Å². The second-order valence-electron chi connectivity index (χ2n) is 6.14. The third-order valence-electron chi connectivity index (χ3n) is 4.46. The van der Waals surface area contributed by atoms with Crippen molar-refractivity contribution >= 4 is 11.9 Å². The Morgan fingerprint density at radius 1 is 1.42 bits per heavy atom. The van der Waals surface area contributed by atoms with Gasteiger partial charge in [-0.2, -0.15) is 0 Å². The SMILES string of the molecule is CC(C)C1(C(=O)O)CCN(C(=O)COCC2CC2)C1. The highest BCUT2D eigenvalue weighted by molar-refractivity contribution is 5.81. The summed E-state index contributed by atoms with van der Waals surface area (Å²) in [5.74, 6) is -0.212. The number of likely N-dealkylation sites (tertiary alicyclic amines) is 1. The van der Waals surface area contributed by atoms with E-state index < -0.39 is 11.4 Å². The number of hydrogen-bond donors (Lipinski definition) is 1. The fourth-order valence-corrected chi connectivity index (χ4v) is 2.63. The fourth-order valence-electron chi connectivity index (χ4n) is 2.63. The molecule has 1 aliphatic heterocycles. The van der Waals surface area contributed by atoms with Crippen LogP contribution in [0.5, 0.6) is 0 Å². The molecule has 0 aromatic heterocycles. The van der Waals surface area contributed by atoms with E-state index >= 15 is 0 Å². The molecule has 19 heavy (non-hydrogen) atoms. The molecule has 2 rings (SSSR count). The Morgan fingerprint density at radius 3 is 2.58 bits per heavy atom. The first kappa shape index (κ1) is 14.3. The van der Waals surface area contributed by atoms with Gasteiger partial charge in [0.25, 0.3) is 0 Å². The van der Waals surface area contributed by atoms with Gasteiger partial charge in [0.05, 0.1) is 12.0 Å². The van der Waals surface area contributed by atoms with Crippen molar-refractivity contribution in [2.24, 2.45) is 17.3 Å². The van der Waals surface area contributed by atoms with E-state index in [-0.39, 0.29) is 18.4 Å². The van der Waals surface area contributed by atoms with E-state index in [0.717, 1.165) is 0 Å². The van der Waals surface area contributed by atoms with Crippen LogP contribution in [-0.4, -0.2) is 48.2 Å². The molecule has 1 N–H and O–H groups in total. The molecule has 1 atom stereocenters.